The lowest BCUT2D eigenvalue weighted by molar-refractivity contribution is 0.579. The first-order chi connectivity index (χ1) is 6.88. The molecule has 15 heavy (non-hydrogen) atoms. The van der Waals surface area contributed by atoms with Gasteiger partial charge in [-0.05, 0) is 28.9 Å². The maximum Gasteiger partial charge on any atom is 0.148 e. The molecule has 1 aromatic heterocycles. The van der Waals surface area contributed by atoms with Crippen molar-refractivity contribution in [2.45, 2.75) is 13.0 Å². The number of halogens is 1. The highest BCUT2D eigenvalue weighted by molar-refractivity contribution is 9.10. The lowest BCUT2D eigenvalue weighted by Gasteiger charge is -2.10. The summed E-state index contributed by atoms with van der Waals surface area (Å²) >= 11 is 5.04. The minimum atomic E-state index is -2.87. The van der Waals surface area contributed by atoms with Gasteiger partial charge in [0.05, 0.1) is 5.75 Å². The second-order valence-electron chi connectivity index (χ2n) is 3.47. The normalized spacial score (nSPS) is 14.1. The summed E-state index contributed by atoms with van der Waals surface area (Å²) < 4.78 is 22.9. The van der Waals surface area contributed by atoms with E-state index in [0.717, 1.165) is 4.47 Å². The van der Waals surface area contributed by atoms with E-state index in [0.29, 0.717) is 6.54 Å². The molecule has 0 radical (unpaired) electrons. The molecule has 1 heterocycles. The highest BCUT2D eigenvalue weighted by Crippen LogP contribution is 2.24. The third-order valence-electron chi connectivity index (χ3n) is 1.94. The van der Waals surface area contributed by atoms with E-state index in [1.807, 2.05) is 18.4 Å². The minimum Gasteiger partial charge on any atom is -0.308 e. The Balaban J connectivity index is 2.40. The standard InChI is InChI=1S/C9H14BrNO2S2/c1-7(9-5-8(10)6-14-9)11-3-4-15(2,12)13/h5-7,11H,3-4H2,1-2H3. The number of sulfone groups is 1. The molecule has 3 nitrogen and oxygen atoms in total. The molecule has 0 saturated heterocycles. The molecule has 0 bridgehead atoms. The number of nitrogens with one attached hydrogen (secondary N) is 1. The van der Waals surface area contributed by atoms with Gasteiger partial charge >= 0.3 is 0 Å². The smallest absolute Gasteiger partial charge is 0.148 e. The molecule has 0 aliphatic heterocycles. The lowest BCUT2D eigenvalue weighted by Crippen LogP contribution is -2.24. The highest BCUT2D eigenvalue weighted by atomic mass is 79.9. The van der Waals surface area contributed by atoms with Gasteiger partial charge in [0.2, 0.25) is 0 Å². The minimum absolute atomic E-state index is 0.184. The molecule has 0 spiro atoms. The van der Waals surface area contributed by atoms with Crippen molar-refractivity contribution in [3.05, 3.63) is 20.8 Å². The van der Waals surface area contributed by atoms with E-state index in [1.54, 1.807) is 11.3 Å². The van der Waals surface area contributed by atoms with Gasteiger partial charge in [-0.25, -0.2) is 8.42 Å². The molecule has 1 atom stereocenters. The molecular formula is C9H14BrNO2S2. The Kier molecular flexibility index (Phi) is 4.76. The molecule has 0 fully saturated rings. The largest absolute Gasteiger partial charge is 0.308 e. The number of hydrogen-bond acceptors (Lipinski definition) is 4. The zero-order valence-electron chi connectivity index (χ0n) is 8.66. The summed E-state index contributed by atoms with van der Waals surface area (Å²) in [6.07, 6.45) is 1.25. The Labute approximate surface area is 103 Å². The second kappa shape index (κ2) is 5.43. The van der Waals surface area contributed by atoms with Crippen LogP contribution in [-0.2, 0) is 9.84 Å². The zero-order valence-corrected chi connectivity index (χ0v) is 11.9. The van der Waals surface area contributed by atoms with Crippen LogP contribution in [0.25, 0.3) is 0 Å². The van der Waals surface area contributed by atoms with Gasteiger partial charge in [-0.3, -0.25) is 0 Å². The second-order valence-corrected chi connectivity index (χ2v) is 7.59. The molecule has 1 unspecified atom stereocenters. The van der Waals surface area contributed by atoms with Crippen molar-refractivity contribution in [1.29, 1.82) is 0 Å². The van der Waals surface area contributed by atoms with Crippen LogP contribution in [0.5, 0.6) is 0 Å². The summed E-state index contributed by atoms with van der Waals surface area (Å²) in [4.78, 5) is 1.20. The number of hydrogen-bond donors (Lipinski definition) is 1. The summed E-state index contributed by atoms with van der Waals surface area (Å²) in [6.45, 7) is 2.52. The van der Waals surface area contributed by atoms with Gasteiger partial charge in [0.25, 0.3) is 0 Å². The van der Waals surface area contributed by atoms with E-state index >= 15 is 0 Å². The molecular weight excluding hydrogens is 298 g/mol. The van der Waals surface area contributed by atoms with Crippen molar-refractivity contribution in [3.8, 4) is 0 Å². The Morgan fingerprint density at radius 3 is 2.73 bits per heavy atom. The van der Waals surface area contributed by atoms with E-state index < -0.39 is 9.84 Å². The molecule has 1 aromatic rings. The Morgan fingerprint density at radius 1 is 1.60 bits per heavy atom. The van der Waals surface area contributed by atoms with Crippen LogP contribution in [0.4, 0.5) is 0 Å². The first kappa shape index (κ1) is 13.2. The van der Waals surface area contributed by atoms with Crippen LogP contribution in [0.15, 0.2) is 15.9 Å². The number of rotatable bonds is 5. The van der Waals surface area contributed by atoms with E-state index in [9.17, 15) is 8.42 Å². The zero-order chi connectivity index (χ0) is 11.5. The third-order valence-corrected chi connectivity index (χ3v) is 4.76. The van der Waals surface area contributed by atoms with Crippen molar-refractivity contribution in [1.82, 2.24) is 5.32 Å². The first-order valence-electron chi connectivity index (χ1n) is 4.53. The summed E-state index contributed by atoms with van der Waals surface area (Å²) in [5, 5.41) is 5.20. The predicted octanol–water partition coefficient (Wildman–Crippen LogP) is 2.21. The molecule has 0 amide bonds. The molecule has 6 heteroatoms. The Hall–Kier alpha value is 0.0900. The van der Waals surface area contributed by atoms with E-state index in [4.69, 9.17) is 0 Å². The Bertz CT molecular complexity index is 414. The topological polar surface area (TPSA) is 46.2 Å². The van der Waals surface area contributed by atoms with Gasteiger partial charge < -0.3 is 5.32 Å². The maximum absolute atomic E-state index is 10.9. The fourth-order valence-electron chi connectivity index (χ4n) is 1.12. The van der Waals surface area contributed by atoms with Gasteiger partial charge in [0, 0.05) is 33.6 Å². The van der Waals surface area contributed by atoms with Crippen molar-refractivity contribution >= 4 is 37.1 Å². The third kappa shape index (κ3) is 5.10. The van der Waals surface area contributed by atoms with Crippen molar-refractivity contribution < 1.29 is 8.42 Å². The molecule has 1 N–H and O–H groups in total. The maximum atomic E-state index is 10.9. The summed E-state index contributed by atoms with van der Waals surface area (Å²) in [5.41, 5.74) is 0. The SMILES string of the molecule is CC(NCCS(C)(=O)=O)c1cc(Br)cs1. The van der Waals surface area contributed by atoms with Gasteiger partial charge in [0.15, 0.2) is 0 Å². The molecule has 0 aliphatic rings. The molecule has 86 valence electrons. The summed E-state index contributed by atoms with van der Waals surface area (Å²) in [5.74, 6) is 0.184. The lowest BCUT2D eigenvalue weighted by atomic mass is 10.3. The molecule has 0 aliphatic carbocycles. The predicted molar refractivity (Wildman–Crippen MR) is 68.1 cm³/mol. The highest BCUT2D eigenvalue weighted by Gasteiger charge is 2.08. The van der Waals surface area contributed by atoms with Crippen molar-refractivity contribution in [3.63, 3.8) is 0 Å². The molecule has 0 aromatic carbocycles. The van der Waals surface area contributed by atoms with E-state index in [-0.39, 0.29) is 11.8 Å². The van der Waals surface area contributed by atoms with Gasteiger partial charge in [-0.2, -0.15) is 0 Å². The van der Waals surface area contributed by atoms with Gasteiger partial charge in [0.1, 0.15) is 9.84 Å². The average Bonchev–Trinajstić information content (AvgIpc) is 2.49. The fourth-order valence-corrected chi connectivity index (χ4v) is 3.08. The first-order valence-corrected chi connectivity index (χ1v) is 8.27. The van der Waals surface area contributed by atoms with Crippen LogP contribution < -0.4 is 5.32 Å². The molecule has 1 rings (SSSR count). The summed E-state index contributed by atoms with van der Waals surface area (Å²) in [7, 11) is -2.87. The monoisotopic (exact) mass is 311 g/mol. The average molecular weight is 312 g/mol. The fraction of sp³-hybridized carbons (Fsp3) is 0.556. The van der Waals surface area contributed by atoms with Crippen LogP contribution in [-0.4, -0.2) is 27.0 Å². The summed E-state index contributed by atoms with van der Waals surface area (Å²) in [6, 6.07) is 2.24. The van der Waals surface area contributed by atoms with Crippen LogP contribution in [0.1, 0.15) is 17.8 Å². The number of thiophene rings is 1. The van der Waals surface area contributed by atoms with E-state index in [1.165, 1.54) is 11.1 Å². The van der Waals surface area contributed by atoms with Gasteiger partial charge in [-0.15, -0.1) is 11.3 Å². The van der Waals surface area contributed by atoms with Crippen molar-refractivity contribution in [2.75, 3.05) is 18.6 Å². The molecule has 0 saturated carbocycles. The van der Waals surface area contributed by atoms with Crippen molar-refractivity contribution in [2.24, 2.45) is 0 Å². The van der Waals surface area contributed by atoms with Crippen LogP contribution in [0, 0.1) is 0 Å². The van der Waals surface area contributed by atoms with Crippen LogP contribution >= 0.6 is 27.3 Å². The quantitative estimate of drug-likeness (QED) is 0.907. The van der Waals surface area contributed by atoms with Crippen LogP contribution in [0.3, 0.4) is 0 Å². The Morgan fingerprint density at radius 2 is 2.27 bits per heavy atom. The van der Waals surface area contributed by atoms with E-state index in [2.05, 4.69) is 21.2 Å². The van der Waals surface area contributed by atoms with Crippen LogP contribution in [0.2, 0.25) is 0 Å². The van der Waals surface area contributed by atoms with Gasteiger partial charge in [-0.1, -0.05) is 0 Å².